The molecule has 1 aromatic rings. The van der Waals surface area contributed by atoms with Gasteiger partial charge in [-0.1, -0.05) is 29.4 Å². The van der Waals surface area contributed by atoms with Crippen LogP contribution in [0, 0.1) is 11.3 Å². The average Bonchev–Trinajstić information content (AvgIpc) is 2.85. The van der Waals surface area contributed by atoms with Gasteiger partial charge in [0.1, 0.15) is 0 Å². The van der Waals surface area contributed by atoms with Crippen molar-refractivity contribution in [3.05, 3.63) is 52.6 Å². The van der Waals surface area contributed by atoms with E-state index in [-0.39, 0.29) is 12.3 Å². The van der Waals surface area contributed by atoms with Crippen LogP contribution in [0.25, 0.3) is 0 Å². The molecule has 0 radical (unpaired) electrons. The first-order valence-electron chi connectivity index (χ1n) is 8.95. The summed E-state index contributed by atoms with van der Waals surface area (Å²) in [5.41, 5.74) is 3.12. The number of nitriles is 1. The lowest BCUT2D eigenvalue weighted by Crippen LogP contribution is -2.40. The summed E-state index contributed by atoms with van der Waals surface area (Å²) in [5, 5.41) is 9.46. The van der Waals surface area contributed by atoms with E-state index in [0.29, 0.717) is 24.2 Å². The van der Waals surface area contributed by atoms with Gasteiger partial charge >= 0.3 is 5.97 Å². The predicted molar refractivity (Wildman–Crippen MR) is 106 cm³/mol. The molecule has 1 aliphatic heterocycles. The second kappa shape index (κ2) is 8.22. The number of hydrogen-bond donors (Lipinski definition) is 0. The molecule has 0 fully saturated rings. The van der Waals surface area contributed by atoms with Crippen molar-refractivity contribution < 1.29 is 14.3 Å². The minimum Gasteiger partial charge on any atom is -0.465 e. The lowest BCUT2D eigenvalue weighted by molar-refractivity contribution is -0.122. The van der Waals surface area contributed by atoms with Crippen molar-refractivity contribution in [2.75, 3.05) is 18.6 Å². The van der Waals surface area contributed by atoms with Crippen LogP contribution >= 0.6 is 0 Å². The number of carbonyl (C=O) groups is 2. The Bertz CT molecular complexity index is 853. The maximum atomic E-state index is 13.5. The zero-order valence-electron chi connectivity index (χ0n) is 16.6. The third kappa shape index (κ3) is 3.95. The molecular weight excluding hydrogens is 340 g/mol. The molecule has 2 rings (SSSR count). The molecule has 0 unspecified atom stereocenters. The van der Waals surface area contributed by atoms with Gasteiger partial charge in [0, 0.05) is 12.2 Å². The molecule has 0 bridgehead atoms. The Labute approximate surface area is 160 Å². The summed E-state index contributed by atoms with van der Waals surface area (Å²) in [7, 11) is 1.33. The summed E-state index contributed by atoms with van der Waals surface area (Å²) in [5.74, 6) is -0.550. The van der Waals surface area contributed by atoms with Crippen molar-refractivity contribution in [1.82, 2.24) is 0 Å². The van der Waals surface area contributed by atoms with Crippen LogP contribution < -0.4 is 4.90 Å². The van der Waals surface area contributed by atoms with E-state index in [2.05, 4.69) is 6.07 Å². The SMILES string of the molecule is COC(=O)c1ccc2c(c1)N(CC=C(C)C)C(=O)[C@@]2(CC#N)CC=C(C)C. The van der Waals surface area contributed by atoms with Crippen molar-refractivity contribution >= 4 is 17.6 Å². The standard InChI is InChI=1S/C22H26N2O3/c1-15(2)8-10-22(11-12-23)18-7-6-17(20(25)27-5)14-19(18)24(21(22)26)13-9-16(3)4/h6-9,14H,10-11,13H2,1-5H3/t22-/m1/s1. The van der Waals surface area contributed by atoms with Crippen LogP contribution in [0.2, 0.25) is 0 Å². The van der Waals surface area contributed by atoms with Gasteiger partial charge in [0.15, 0.2) is 0 Å². The number of amides is 1. The summed E-state index contributed by atoms with van der Waals surface area (Å²) in [6.07, 6.45) is 4.51. The van der Waals surface area contributed by atoms with Gasteiger partial charge < -0.3 is 9.64 Å². The highest BCUT2D eigenvalue weighted by Gasteiger charge is 2.50. The van der Waals surface area contributed by atoms with E-state index in [1.165, 1.54) is 7.11 Å². The second-order valence-corrected chi connectivity index (χ2v) is 7.32. The maximum absolute atomic E-state index is 13.5. The number of nitrogens with zero attached hydrogens (tertiary/aromatic N) is 2. The summed E-state index contributed by atoms with van der Waals surface area (Å²) < 4.78 is 4.82. The fraction of sp³-hybridized carbons (Fsp3) is 0.409. The van der Waals surface area contributed by atoms with E-state index in [4.69, 9.17) is 4.74 Å². The van der Waals surface area contributed by atoms with E-state index in [0.717, 1.165) is 16.7 Å². The second-order valence-electron chi connectivity index (χ2n) is 7.32. The number of rotatable bonds is 6. The van der Waals surface area contributed by atoms with E-state index in [1.807, 2.05) is 39.8 Å². The monoisotopic (exact) mass is 366 g/mol. The lowest BCUT2D eigenvalue weighted by Gasteiger charge is -2.25. The molecule has 0 aliphatic carbocycles. The molecule has 0 aromatic heterocycles. The maximum Gasteiger partial charge on any atom is 0.337 e. The molecule has 27 heavy (non-hydrogen) atoms. The van der Waals surface area contributed by atoms with Crippen LogP contribution in [0.3, 0.4) is 0 Å². The molecule has 5 nitrogen and oxygen atoms in total. The molecule has 142 valence electrons. The lowest BCUT2D eigenvalue weighted by atomic mass is 9.75. The van der Waals surface area contributed by atoms with E-state index < -0.39 is 11.4 Å². The number of esters is 1. The van der Waals surface area contributed by atoms with Gasteiger partial charge in [-0.2, -0.15) is 5.26 Å². The van der Waals surface area contributed by atoms with Crippen LogP contribution in [-0.2, 0) is 14.9 Å². The molecule has 1 aliphatic rings. The smallest absolute Gasteiger partial charge is 0.337 e. The van der Waals surface area contributed by atoms with E-state index in [1.54, 1.807) is 23.1 Å². The molecule has 1 atom stereocenters. The number of hydrogen-bond acceptors (Lipinski definition) is 4. The Balaban J connectivity index is 2.66. The van der Waals surface area contributed by atoms with Crippen LogP contribution in [-0.4, -0.2) is 25.5 Å². The highest BCUT2D eigenvalue weighted by atomic mass is 16.5. The summed E-state index contributed by atoms with van der Waals surface area (Å²) in [6, 6.07) is 7.34. The number of allylic oxidation sites excluding steroid dienone is 3. The van der Waals surface area contributed by atoms with Gasteiger partial charge in [0.25, 0.3) is 0 Å². The van der Waals surface area contributed by atoms with Gasteiger partial charge in [0.2, 0.25) is 5.91 Å². The number of anilines is 1. The molecule has 0 spiro atoms. The Morgan fingerprint density at radius 3 is 2.44 bits per heavy atom. The van der Waals surface area contributed by atoms with Gasteiger partial charge in [-0.15, -0.1) is 0 Å². The average molecular weight is 366 g/mol. The molecule has 0 saturated carbocycles. The molecule has 1 heterocycles. The molecule has 0 N–H and O–H groups in total. The molecular formula is C22H26N2O3. The van der Waals surface area contributed by atoms with Crippen LogP contribution in [0.5, 0.6) is 0 Å². The van der Waals surface area contributed by atoms with Gasteiger partial charge in [-0.05, 0) is 51.8 Å². The Hall–Kier alpha value is -2.87. The highest BCUT2D eigenvalue weighted by Crippen LogP contribution is 2.47. The van der Waals surface area contributed by atoms with Crippen LogP contribution in [0.15, 0.2) is 41.5 Å². The van der Waals surface area contributed by atoms with Crippen molar-refractivity contribution in [1.29, 1.82) is 5.26 Å². The molecule has 0 saturated heterocycles. The summed E-state index contributed by atoms with van der Waals surface area (Å²) in [6.45, 7) is 8.29. The molecule has 1 aromatic carbocycles. The van der Waals surface area contributed by atoms with Gasteiger partial charge in [-0.3, -0.25) is 4.79 Å². The third-order valence-electron chi connectivity index (χ3n) is 4.80. The van der Waals surface area contributed by atoms with Crippen molar-refractivity contribution in [3.8, 4) is 6.07 Å². The summed E-state index contributed by atoms with van der Waals surface area (Å²) >= 11 is 0. The van der Waals surface area contributed by atoms with Crippen molar-refractivity contribution in [2.24, 2.45) is 0 Å². The fourth-order valence-electron chi connectivity index (χ4n) is 3.30. The number of methoxy groups -OCH3 is 1. The first kappa shape index (κ1) is 20.4. The highest BCUT2D eigenvalue weighted by molar-refractivity contribution is 6.09. The quantitative estimate of drug-likeness (QED) is 0.556. The van der Waals surface area contributed by atoms with Crippen molar-refractivity contribution in [3.63, 3.8) is 0 Å². The largest absolute Gasteiger partial charge is 0.465 e. The van der Waals surface area contributed by atoms with Gasteiger partial charge in [0.05, 0.1) is 30.6 Å². The number of ether oxygens (including phenoxy) is 1. The Morgan fingerprint density at radius 1 is 1.22 bits per heavy atom. The number of carbonyl (C=O) groups excluding carboxylic acids is 2. The normalized spacial score (nSPS) is 17.8. The van der Waals surface area contributed by atoms with E-state index in [9.17, 15) is 14.9 Å². The Morgan fingerprint density at radius 2 is 1.89 bits per heavy atom. The van der Waals surface area contributed by atoms with Crippen molar-refractivity contribution in [2.45, 2.75) is 46.0 Å². The minimum atomic E-state index is -0.925. The van der Waals surface area contributed by atoms with Crippen LogP contribution in [0.4, 0.5) is 5.69 Å². The van der Waals surface area contributed by atoms with Gasteiger partial charge in [-0.25, -0.2) is 4.79 Å². The zero-order chi connectivity index (χ0) is 20.2. The minimum absolute atomic E-state index is 0.0888. The van der Waals surface area contributed by atoms with Crippen LogP contribution in [0.1, 0.15) is 56.5 Å². The molecule has 1 amide bonds. The predicted octanol–water partition coefficient (Wildman–Crippen LogP) is 4.29. The zero-order valence-corrected chi connectivity index (χ0v) is 16.6. The first-order valence-corrected chi connectivity index (χ1v) is 8.95. The summed E-state index contributed by atoms with van der Waals surface area (Å²) in [4.78, 5) is 27.1. The first-order chi connectivity index (χ1) is 12.8. The Kier molecular flexibility index (Phi) is 6.22. The number of fused-ring (bicyclic) bond motifs is 1. The molecule has 5 heteroatoms. The number of benzene rings is 1. The topological polar surface area (TPSA) is 70.4 Å². The fourth-order valence-corrected chi connectivity index (χ4v) is 3.30. The third-order valence-corrected chi connectivity index (χ3v) is 4.80. The van der Waals surface area contributed by atoms with E-state index >= 15 is 0 Å².